The number of methoxy groups -OCH3 is 1. The van der Waals surface area contributed by atoms with Crippen LogP contribution in [0.4, 0.5) is 0 Å². The summed E-state index contributed by atoms with van der Waals surface area (Å²) < 4.78 is 16.2. The van der Waals surface area contributed by atoms with E-state index in [1.165, 1.54) is 0 Å². The Morgan fingerprint density at radius 3 is 2.43 bits per heavy atom. The summed E-state index contributed by atoms with van der Waals surface area (Å²) in [6, 6.07) is 16.5. The van der Waals surface area contributed by atoms with Crippen molar-refractivity contribution in [2.45, 2.75) is 13.0 Å². The van der Waals surface area contributed by atoms with E-state index in [4.69, 9.17) is 26.4 Å². The Morgan fingerprint density at radius 1 is 1.04 bits per heavy atom. The number of para-hydroxylation sites is 1. The Hall–Kier alpha value is -3.06. The van der Waals surface area contributed by atoms with Crippen molar-refractivity contribution in [3.8, 4) is 11.5 Å². The normalized spacial score (nSPS) is 16.1. The quantitative estimate of drug-likeness (QED) is 0.422. The van der Waals surface area contributed by atoms with Crippen LogP contribution in [0.25, 0.3) is 0 Å². The lowest BCUT2D eigenvalue weighted by Gasteiger charge is -2.30. The number of rotatable bonds is 7. The molecule has 2 N–H and O–H groups in total. The molecule has 0 amide bonds. The summed E-state index contributed by atoms with van der Waals surface area (Å²) in [7, 11) is 1.61. The number of ether oxygens (including phenoxy) is 3. The van der Waals surface area contributed by atoms with Crippen LogP contribution in [-0.4, -0.2) is 31.4 Å². The number of thiocarbonyl (C=S) groups is 1. The SMILES string of the molecule is COc1ccc([C@H]2NC(=S)NC(C)=C2C(=O)OCCOc2ccccc2)cc1. The molecule has 7 heteroatoms. The molecule has 0 saturated carbocycles. The highest BCUT2D eigenvalue weighted by Crippen LogP contribution is 2.28. The van der Waals surface area contributed by atoms with Gasteiger partial charge in [-0.15, -0.1) is 0 Å². The van der Waals surface area contributed by atoms with Gasteiger partial charge in [0.05, 0.1) is 18.7 Å². The maximum Gasteiger partial charge on any atom is 0.338 e. The first-order chi connectivity index (χ1) is 13.6. The minimum Gasteiger partial charge on any atom is -0.497 e. The molecular formula is C21H22N2O4S. The second-order valence-corrected chi connectivity index (χ2v) is 6.55. The lowest BCUT2D eigenvalue weighted by molar-refractivity contribution is -0.140. The van der Waals surface area contributed by atoms with Gasteiger partial charge >= 0.3 is 5.97 Å². The molecule has 0 aromatic heterocycles. The van der Waals surface area contributed by atoms with Gasteiger partial charge in [-0.2, -0.15) is 0 Å². The van der Waals surface area contributed by atoms with Crippen molar-refractivity contribution in [3.63, 3.8) is 0 Å². The van der Waals surface area contributed by atoms with Crippen LogP contribution in [0.1, 0.15) is 18.5 Å². The summed E-state index contributed by atoms with van der Waals surface area (Å²) in [6.07, 6.45) is 0. The maximum atomic E-state index is 12.7. The molecule has 0 spiro atoms. The maximum absolute atomic E-state index is 12.7. The van der Waals surface area contributed by atoms with Gasteiger partial charge in [-0.05, 0) is 49.0 Å². The first-order valence-corrected chi connectivity index (χ1v) is 9.26. The van der Waals surface area contributed by atoms with Gasteiger partial charge < -0.3 is 24.8 Å². The fraction of sp³-hybridized carbons (Fsp3) is 0.238. The monoisotopic (exact) mass is 398 g/mol. The summed E-state index contributed by atoms with van der Waals surface area (Å²) in [5.74, 6) is 1.05. The molecular weight excluding hydrogens is 376 g/mol. The Morgan fingerprint density at radius 2 is 1.75 bits per heavy atom. The molecule has 28 heavy (non-hydrogen) atoms. The highest BCUT2D eigenvalue weighted by atomic mass is 32.1. The zero-order valence-corrected chi connectivity index (χ0v) is 16.5. The summed E-state index contributed by atoms with van der Waals surface area (Å²) in [4.78, 5) is 12.7. The predicted octanol–water partition coefficient (Wildman–Crippen LogP) is 3.11. The van der Waals surface area contributed by atoms with Crippen LogP contribution < -0.4 is 20.1 Å². The number of carbonyl (C=O) groups excluding carboxylic acids is 1. The van der Waals surface area contributed by atoms with Crippen molar-refractivity contribution < 1.29 is 19.0 Å². The lowest BCUT2D eigenvalue weighted by atomic mass is 9.95. The van der Waals surface area contributed by atoms with E-state index in [1.807, 2.05) is 54.6 Å². The molecule has 1 aliphatic heterocycles. The average molecular weight is 398 g/mol. The van der Waals surface area contributed by atoms with Gasteiger partial charge in [-0.1, -0.05) is 30.3 Å². The highest BCUT2D eigenvalue weighted by molar-refractivity contribution is 7.80. The predicted molar refractivity (Wildman–Crippen MR) is 110 cm³/mol. The highest BCUT2D eigenvalue weighted by Gasteiger charge is 2.30. The minimum absolute atomic E-state index is 0.143. The van der Waals surface area contributed by atoms with Crippen molar-refractivity contribution in [2.24, 2.45) is 0 Å². The van der Waals surface area contributed by atoms with Crippen LogP contribution in [0.5, 0.6) is 11.5 Å². The zero-order valence-electron chi connectivity index (χ0n) is 15.7. The van der Waals surface area contributed by atoms with Gasteiger partial charge in [-0.25, -0.2) is 4.79 Å². The number of allylic oxidation sites excluding steroid dienone is 1. The lowest BCUT2D eigenvalue weighted by Crippen LogP contribution is -2.45. The van der Waals surface area contributed by atoms with Crippen LogP contribution >= 0.6 is 12.2 Å². The molecule has 1 heterocycles. The van der Waals surface area contributed by atoms with Crippen LogP contribution in [0.2, 0.25) is 0 Å². The van der Waals surface area contributed by atoms with E-state index in [1.54, 1.807) is 14.0 Å². The van der Waals surface area contributed by atoms with Gasteiger partial charge in [0.1, 0.15) is 24.7 Å². The van der Waals surface area contributed by atoms with E-state index in [0.717, 1.165) is 17.1 Å². The van der Waals surface area contributed by atoms with E-state index < -0.39 is 12.0 Å². The first-order valence-electron chi connectivity index (χ1n) is 8.85. The summed E-state index contributed by atoms with van der Waals surface area (Å²) in [5.41, 5.74) is 2.04. The second kappa shape index (κ2) is 9.23. The molecule has 0 aliphatic carbocycles. The molecule has 3 rings (SSSR count). The molecule has 146 valence electrons. The standard InChI is InChI=1S/C21H22N2O4S/c1-14-18(20(24)27-13-12-26-17-6-4-3-5-7-17)19(23-21(28)22-14)15-8-10-16(25-2)11-9-15/h3-11,19H,12-13H2,1-2H3,(H2,22,23,28)/t19-/m1/s1. The largest absolute Gasteiger partial charge is 0.497 e. The Balaban J connectivity index is 1.67. The van der Waals surface area contributed by atoms with Crippen molar-refractivity contribution in [3.05, 3.63) is 71.4 Å². The molecule has 1 aliphatic rings. The topological polar surface area (TPSA) is 68.8 Å². The zero-order chi connectivity index (χ0) is 19.9. The number of benzene rings is 2. The molecule has 0 saturated heterocycles. The summed E-state index contributed by atoms with van der Waals surface area (Å²) in [6.45, 7) is 2.22. The Kier molecular flexibility index (Phi) is 6.49. The van der Waals surface area contributed by atoms with Gasteiger partial charge in [0, 0.05) is 5.70 Å². The smallest absolute Gasteiger partial charge is 0.338 e. The molecule has 0 bridgehead atoms. The fourth-order valence-electron chi connectivity index (χ4n) is 2.90. The summed E-state index contributed by atoms with van der Waals surface area (Å²) in [5, 5.41) is 6.59. The minimum atomic E-state index is -0.419. The van der Waals surface area contributed by atoms with E-state index in [9.17, 15) is 4.79 Å². The Bertz CT molecular complexity index is 866. The van der Waals surface area contributed by atoms with Crippen molar-refractivity contribution in [1.29, 1.82) is 0 Å². The third kappa shape index (κ3) is 4.80. The number of hydrogen-bond acceptors (Lipinski definition) is 5. The van der Waals surface area contributed by atoms with E-state index in [0.29, 0.717) is 16.4 Å². The second-order valence-electron chi connectivity index (χ2n) is 6.14. The van der Waals surface area contributed by atoms with E-state index in [2.05, 4.69) is 10.6 Å². The van der Waals surface area contributed by atoms with Gasteiger partial charge in [0.25, 0.3) is 0 Å². The van der Waals surface area contributed by atoms with Crippen LogP contribution in [0.15, 0.2) is 65.9 Å². The van der Waals surface area contributed by atoms with Crippen LogP contribution in [0, 0.1) is 0 Å². The van der Waals surface area contributed by atoms with E-state index in [-0.39, 0.29) is 13.2 Å². The van der Waals surface area contributed by atoms with Crippen molar-refractivity contribution >= 4 is 23.3 Å². The molecule has 2 aromatic carbocycles. The van der Waals surface area contributed by atoms with Gasteiger partial charge in [0.15, 0.2) is 5.11 Å². The number of nitrogens with one attached hydrogen (secondary N) is 2. The fourth-order valence-corrected chi connectivity index (χ4v) is 3.17. The third-order valence-electron chi connectivity index (χ3n) is 4.27. The number of carbonyl (C=O) groups is 1. The van der Waals surface area contributed by atoms with Crippen LogP contribution in [-0.2, 0) is 9.53 Å². The summed E-state index contributed by atoms with van der Waals surface area (Å²) >= 11 is 5.26. The van der Waals surface area contributed by atoms with Gasteiger partial charge in [0.2, 0.25) is 0 Å². The third-order valence-corrected chi connectivity index (χ3v) is 4.49. The molecule has 1 atom stereocenters. The molecule has 0 unspecified atom stereocenters. The Labute approximate surface area is 169 Å². The molecule has 0 radical (unpaired) electrons. The van der Waals surface area contributed by atoms with Gasteiger partial charge in [-0.3, -0.25) is 0 Å². The molecule has 6 nitrogen and oxygen atoms in total. The van der Waals surface area contributed by atoms with Crippen molar-refractivity contribution in [2.75, 3.05) is 20.3 Å². The molecule has 0 fully saturated rings. The first kappa shape index (κ1) is 19.7. The van der Waals surface area contributed by atoms with Crippen molar-refractivity contribution in [1.82, 2.24) is 10.6 Å². The number of hydrogen-bond donors (Lipinski definition) is 2. The van der Waals surface area contributed by atoms with Crippen LogP contribution in [0.3, 0.4) is 0 Å². The average Bonchev–Trinajstić information content (AvgIpc) is 2.71. The molecule has 2 aromatic rings. The van der Waals surface area contributed by atoms with E-state index >= 15 is 0 Å². The number of esters is 1.